The lowest BCUT2D eigenvalue weighted by Gasteiger charge is -2.16. The smallest absolute Gasteiger partial charge is 0.157 e. The first kappa shape index (κ1) is 19.9. The van der Waals surface area contributed by atoms with Gasteiger partial charge in [-0.05, 0) is 24.6 Å². The summed E-state index contributed by atoms with van der Waals surface area (Å²) in [7, 11) is 2.25. The van der Waals surface area contributed by atoms with Crippen LogP contribution in [-0.2, 0) is 6.61 Å². The summed E-state index contributed by atoms with van der Waals surface area (Å²) in [6.07, 6.45) is 0.691. The molecule has 0 aromatic heterocycles. The number of carbonyl (C=O) groups excluding carboxylic acids is 1. The summed E-state index contributed by atoms with van der Waals surface area (Å²) in [5, 5.41) is 0. The van der Waals surface area contributed by atoms with Gasteiger partial charge in [-0.25, -0.2) is 4.39 Å². The monoisotopic (exact) mass is 592 g/mol. The second kappa shape index (κ2) is 9.92. The molecule has 0 saturated carbocycles. The fourth-order valence-corrected chi connectivity index (χ4v) is 3.60. The standard InChI is InChI=1S/C15H11FI2O4S2/c1-9-13(21-23-17)6-14(22-24-18)12(7-19)15(9)20-8-10-2-4-11(16)5-3-10/h2-7H,8H2,1H3. The van der Waals surface area contributed by atoms with E-state index in [0.717, 1.165) is 24.0 Å². The Kier molecular flexibility index (Phi) is 8.23. The lowest BCUT2D eigenvalue weighted by atomic mass is 10.1. The van der Waals surface area contributed by atoms with Crippen LogP contribution in [0.25, 0.3) is 0 Å². The van der Waals surface area contributed by atoms with Gasteiger partial charge in [-0.2, -0.15) is 0 Å². The molecule has 2 aromatic rings. The van der Waals surface area contributed by atoms with Crippen LogP contribution in [0.1, 0.15) is 21.5 Å². The summed E-state index contributed by atoms with van der Waals surface area (Å²) in [5.74, 6) is 0.990. The van der Waals surface area contributed by atoms with Crippen molar-refractivity contribution >= 4 is 67.1 Å². The van der Waals surface area contributed by atoms with Gasteiger partial charge in [0, 0.05) is 54.0 Å². The minimum atomic E-state index is -0.312. The van der Waals surface area contributed by atoms with E-state index < -0.39 is 0 Å². The van der Waals surface area contributed by atoms with Crippen molar-refractivity contribution in [2.24, 2.45) is 0 Å². The summed E-state index contributed by atoms with van der Waals surface area (Å²) < 4.78 is 29.7. The summed E-state index contributed by atoms with van der Waals surface area (Å²) in [6.45, 7) is 2.00. The molecule has 0 fully saturated rings. The van der Waals surface area contributed by atoms with Gasteiger partial charge in [-0.15, -0.1) is 0 Å². The molecular formula is C15H11FI2O4S2. The number of hydrogen-bond donors (Lipinski definition) is 0. The van der Waals surface area contributed by atoms with Crippen molar-refractivity contribution < 1.29 is 22.3 Å². The zero-order chi connectivity index (χ0) is 17.5. The minimum absolute atomic E-state index is 0.194. The third-order valence-electron chi connectivity index (χ3n) is 3.14. The molecule has 128 valence electrons. The number of benzene rings is 2. The van der Waals surface area contributed by atoms with Crippen molar-refractivity contribution in [2.45, 2.75) is 13.5 Å². The molecule has 2 rings (SSSR count). The predicted molar refractivity (Wildman–Crippen MR) is 112 cm³/mol. The zero-order valence-electron chi connectivity index (χ0n) is 12.3. The molecule has 0 radical (unpaired) electrons. The normalized spacial score (nSPS) is 10.3. The topological polar surface area (TPSA) is 44.8 Å². The van der Waals surface area contributed by atoms with E-state index in [1.807, 2.05) is 42.4 Å². The third kappa shape index (κ3) is 5.05. The molecule has 0 N–H and O–H groups in total. The molecule has 0 bridgehead atoms. The van der Waals surface area contributed by atoms with Crippen molar-refractivity contribution in [1.82, 2.24) is 0 Å². The molecule has 0 aliphatic carbocycles. The molecule has 0 unspecified atom stereocenters. The summed E-state index contributed by atoms with van der Waals surface area (Å²) in [4.78, 5) is 11.5. The Morgan fingerprint density at radius 2 is 1.75 bits per heavy atom. The predicted octanol–water partition coefficient (Wildman–Crippen LogP) is 6.28. The first-order chi connectivity index (χ1) is 11.6. The van der Waals surface area contributed by atoms with Crippen LogP contribution < -0.4 is 13.1 Å². The van der Waals surface area contributed by atoms with Gasteiger partial charge < -0.3 is 13.1 Å². The second-order valence-electron chi connectivity index (χ2n) is 4.57. The van der Waals surface area contributed by atoms with Gasteiger partial charge >= 0.3 is 0 Å². The van der Waals surface area contributed by atoms with E-state index in [0.29, 0.717) is 34.7 Å². The Balaban J connectivity index is 2.37. The Labute approximate surface area is 171 Å². The second-order valence-corrected chi connectivity index (χ2v) is 7.31. The molecule has 4 nitrogen and oxygen atoms in total. The maximum Gasteiger partial charge on any atom is 0.157 e. The third-order valence-corrected chi connectivity index (χ3v) is 4.70. The Bertz CT molecular complexity index is 714. The summed E-state index contributed by atoms with van der Waals surface area (Å²) >= 11 is 3.97. The molecule has 0 aliphatic heterocycles. The molecule has 0 atom stereocenters. The number of rotatable bonds is 8. The highest BCUT2D eigenvalue weighted by Gasteiger charge is 2.20. The van der Waals surface area contributed by atoms with Crippen LogP contribution in [0.4, 0.5) is 4.39 Å². The highest BCUT2D eigenvalue weighted by molar-refractivity contribution is 14.2. The lowest BCUT2D eigenvalue weighted by molar-refractivity contribution is 0.111. The molecule has 2 aromatic carbocycles. The van der Waals surface area contributed by atoms with Gasteiger partial charge in [0.15, 0.2) is 12.0 Å². The van der Waals surface area contributed by atoms with Crippen LogP contribution in [0.3, 0.4) is 0 Å². The van der Waals surface area contributed by atoms with E-state index >= 15 is 0 Å². The highest BCUT2D eigenvalue weighted by Crippen LogP contribution is 2.41. The van der Waals surface area contributed by atoms with Gasteiger partial charge in [-0.1, -0.05) is 12.1 Å². The number of halogens is 3. The quantitative estimate of drug-likeness (QED) is 0.205. The van der Waals surface area contributed by atoms with Crippen LogP contribution in [0.5, 0.6) is 17.2 Å². The Morgan fingerprint density at radius 1 is 1.12 bits per heavy atom. The lowest BCUT2D eigenvalue weighted by Crippen LogP contribution is -2.03. The summed E-state index contributed by atoms with van der Waals surface area (Å²) in [5.41, 5.74) is 1.78. The Morgan fingerprint density at radius 3 is 2.33 bits per heavy atom. The van der Waals surface area contributed by atoms with Crippen LogP contribution in [0.2, 0.25) is 0 Å². The van der Waals surface area contributed by atoms with Crippen LogP contribution in [0.15, 0.2) is 30.3 Å². The summed E-state index contributed by atoms with van der Waals surface area (Å²) in [6, 6.07) is 7.63. The number of carbonyl (C=O) groups is 1. The van der Waals surface area contributed by atoms with Gasteiger partial charge in [0.05, 0.1) is 0 Å². The maximum atomic E-state index is 13.0. The van der Waals surface area contributed by atoms with Gasteiger partial charge in [0.25, 0.3) is 0 Å². The molecular weight excluding hydrogens is 581 g/mol. The minimum Gasteiger partial charge on any atom is -0.488 e. The maximum absolute atomic E-state index is 13.0. The van der Waals surface area contributed by atoms with E-state index in [9.17, 15) is 9.18 Å². The largest absolute Gasteiger partial charge is 0.488 e. The molecule has 0 spiro atoms. The average molecular weight is 592 g/mol. The van der Waals surface area contributed by atoms with E-state index in [1.165, 1.54) is 12.1 Å². The fraction of sp³-hybridized carbons (Fsp3) is 0.133. The van der Waals surface area contributed by atoms with Crippen molar-refractivity contribution in [3.63, 3.8) is 0 Å². The van der Waals surface area contributed by atoms with Crippen LogP contribution in [0, 0.1) is 12.7 Å². The first-order valence-corrected chi connectivity index (χ1v) is 13.1. The molecule has 24 heavy (non-hydrogen) atoms. The number of ether oxygens (including phenoxy) is 1. The van der Waals surface area contributed by atoms with Crippen molar-refractivity contribution in [1.29, 1.82) is 0 Å². The van der Waals surface area contributed by atoms with Crippen LogP contribution in [-0.4, -0.2) is 6.29 Å². The van der Waals surface area contributed by atoms with Gasteiger partial charge in [0.1, 0.15) is 47.9 Å². The van der Waals surface area contributed by atoms with Crippen molar-refractivity contribution in [3.8, 4) is 17.2 Å². The molecule has 0 saturated heterocycles. The van der Waals surface area contributed by atoms with E-state index in [1.54, 1.807) is 25.1 Å². The average Bonchev–Trinajstić information content (AvgIpc) is 2.58. The highest BCUT2D eigenvalue weighted by atomic mass is 127. The SMILES string of the molecule is Cc1c(OSI)cc(OSI)c(C=O)c1OCc1ccc(F)cc1. The van der Waals surface area contributed by atoms with Crippen molar-refractivity contribution in [2.75, 3.05) is 0 Å². The molecule has 0 amide bonds. The zero-order valence-corrected chi connectivity index (χ0v) is 18.2. The van der Waals surface area contributed by atoms with E-state index in [4.69, 9.17) is 13.1 Å². The fourth-order valence-electron chi connectivity index (χ4n) is 1.99. The molecule has 0 heterocycles. The van der Waals surface area contributed by atoms with Crippen LogP contribution >= 0.6 is 60.8 Å². The molecule has 0 aliphatic rings. The Hall–Kier alpha value is -0.400. The van der Waals surface area contributed by atoms with Gasteiger partial charge in [0.2, 0.25) is 0 Å². The van der Waals surface area contributed by atoms with Crippen molar-refractivity contribution in [3.05, 3.63) is 52.8 Å². The first-order valence-electron chi connectivity index (χ1n) is 6.51. The molecule has 9 heteroatoms. The van der Waals surface area contributed by atoms with E-state index in [-0.39, 0.29) is 12.4 Å². The van der Waals surface area contributed by atoms with E-state index in [2.05, 4.69) is 0 Å². The number of aldehydes is 1. The van der Waals surface area contributed by atoms with Gasteiger partial charge in [-0.3, -0.25) is 4.79 Å². The number of hydrogen-bond acceptors (Lipinski definition) is 6.